The minimum atomic E-state index is -0.729. The highest BCUT2D eigenvalue weighted by Crippen LogP contribution is 2.64. The van der Waals surface area contributed by atoms with Gasteiger partial charge in [0.1, 0.15) is 11.7 Å². The summed E-state index contributed by atoms with van der Waals surface area (Å²) in [4.78, 5) is 38.6. The third-order valence-electron chi connectivity index (χ3n) is 8.02. The van der Waals surface area contributed by atoms with Crippen LogP contribution in [0, 0.1) is 5.41 Å². The number of carbonyl (C=O) groups excluding carboxylic acids is 3. The molecule has 1 saturated heterocycles. The van der Waals surface area contributed by atoms with Gasteiger partial charge in [-0.25, -0.2) is 0 Å². The molecule has 8 nitrogen and oxygen atoms in total. The number of amides is 3. The Balaban J connectivity index is 1.28. The lowest BCUT2D eigenvalue weighted by molar-refractivity contribution is -0.119. The molecule has 6 rings (SSSR count). The van der Waals surface area contributed by atoms with Gasteiger partial charge in [-0.2, -0.15) is 5.10 Å². The first kappa shape index (κ1) is 22.5. The molecule has 0 radical (unpaired) electrons. The van der Waals surface area contributed by atoms with E-state index in [1.54, 1.807) is 19.3 Å². The van der Waals surface area contributed by atoms with E-state index >= 15 is 0 Å². The van der Waals surface area contributed by atoms with Gasteiger partial charge in [0.25, 0.3) is 5.91 Å². The van der Waals surface area contributed by atoms with Crippen molar-refractivity contribution in [1.29, 1.82) is 0 Å². The summed E-state index contributed by atoms with van der Waals surface area (Å²) in [7, 11) is 1.71. The zero-order valence-electron chi connectivity index (χ0n) is 20.2. The Kier molecular flexibility index (Phi) is 5.39. The third kappa shape index (κ3) is 3.96. The Labute approximate surface area is 209 Å². The van der Waals surface area contributed by atoms with Crippen LogP contribution in [0.2, 0.25) is 0 Å². The van der Waals surface area contributed by atoms with Crippen LogP contribution in [0.5, 0.6) is 0 Å². The molecular weight excluding hydrogens is 454 g/mol. The Bertz CT molecular complexity index is 1340. The maximum absolute atomic E-state index is 13.8. The maximum atomic E-state index is 13.8. The number of aromatic nitrogens is 2. The number of hydrogen-bond donors (Lipinski definition) is 3. The van der Waals surface area contributed by atoms with Gasteiger partial charge >= 0.3 is 0 Å². The number of nitrogens with one attached hydrogen (secondary N) is 3. The van der Waals surface area contributed by atoms with Crippen LogP contribution in [0.1, 0.15) is 64.8 Å². The lowest BCUT2D eigenvalue weighted by Gasteiger charge is -2.29. The molecule has 8 heteroatoms. The molecule has 3 aliphatic rings. The molecule has 3 amide bonds. The first-order chi connectivity index (χ1) is 17.4. The van der Waals surface area contributed by atoms with Crippen LogP contribution in [0.15, 0.2) is 60.8 Å². The molecule has 1 aromatic heterocycles. The summed E-state index contributed by atoms with van der Waals surface area (Å²) in [6, 6.07) is 16.8. The molecule has 0 bridgehead atoms. The molecule has 184 valence electrons. The largest absolute Gasteiger partial charge is 0.349 e. The number of carbonyl (C=O) groups is 3. The molecule has 1 aliphatic heterocycles. The number of fused-ring (bicyclic) bond motifs is 1. The topological polar surface area (TPSA) is 105 Å². The summed E-state index contributed by atoms with van der Waals surface area (Å²) in [5, 5.41) is 13.2. The summed E-state index contributed by atoms with van der Waals surface area (Å²) in [6.45, 7) is 0. The van der Waals surface area contributed by atoms with E-state index in [2.05, 4.69) is 33.2 Å². The van der Waals surface area contributed by atoms with Crippen molar-refractivity contribution in [3.8, 4) is 0 Å². The standard InChI is InChI=1S/C28H29N5O3/c1-33-22(12-15-29-33)26(35)32-25(24-20-5-3-2-4-18(20)16-28(24)13-14-28)27(36)30-19-8-6-17(7-9-19)21-10-11-23(34)31-21/h2-9,12,15,21,24-25H,10-11,13-14,16H2,1H3,(H,30,36)(H,31,34)(H,32,35)/t21?,24?,25-/m0/s1. The molecular formula is C28H29N5O3. The van der Waals surface area contributed by atoms with Crippen molar-refractivity contribution < 1.29 is 14.4 Å². The molecule has 2 unspecified atom stereocenters. The second-order valence-electron chi connectivity index (χ2n) is 10.3. The molecule has 2 aliphatic carbocycles. The van der Waals surface area contributed by atoms with Crippen molar-refractivity contribution in [3.05, 3.63) is 83.2 Å². The van der Waals surface area contributed by atoms with Crippen molar-refractivity contribution >= 4 is 23.4 Å². The number of nitrogens with zero attached hydrogens (tertiary/aromatic N) is 2. The zero-order chi connectivity index (χ0) is 24.9. The summed E-state index contributed by atoms with van der Waals surface area (Å²) >= 11 is 0. The lowest BCUT2D eigenvalue weighted by atomic mass is 9.82. The van der Waals surface area contributed by atoms with Crippen molar-refractivity contribution in [1.82, 2.24) is 20.4 Å². The second-order valence-corrected chi connectivity index (χ2v) is 10.3. The monoisotopic (exact) mass is 483 g/mol. The van der Waals surface area contributed by atoms with Gasteiger partial charge in [-0.05, 0) is 66.0 Å². The summed E-state index contributed by atoms with van der Waals surface area (Å²) < 4.78 is 1.51. The Morgan fingerprint density at radius 2 is 1.89 bits per heavy atom. The first-order valence-corrected chi connectivity index (χ1v) is 12.5. The van der Waals surface area contributed by atoms with Gasteiger partial charge in [0.05, 0.1) is 6.04 Å². The predicted octanol–water partition coefficient (Wildman–Crippen LogP) is 3.23. The van der Waals surface area contributed by atoms with Crippen LogP contribution < -0.4 is 16.0 Å². The van der Waals surface area contributed by atoms with Crippen molar-refractivity contribution in [2.75, 3.05) is 5.32 Å². The van der Waals surface area contributed by atoms with Gasteiger partial charge in [-0.3, -0.25) is 19.1 Å². The minimum absolute atomic E-state index is 0.00989. The van der Waals surface area contributed by atoms with Gasteiger partial charge < -0.3 is 16.0 Å². The third-order valence-corrected chi connectivity index (χ3v) is 8.02. The van der Waals surface area contributed by atoms with E-state index in [4.69, 9.17) is 0 Å². The Morgan fingerprint density at radius 1 is 1.11 bits per heavy atom. The fraction of sp³-hybridized carbons (Fsp3) is 0.357. The number of benzene rings is 2. The number of hydrogen-bond acceptors (Lipinski definition) is 4. The van der Waals surface area contributed by atoms with Crippen molar-refractivity contribution in [3.63, 3.8) is 0 Å². The van der Waals surface area contributed by atoms with Gasteiger partial charge in [0.2, 0.25) is 11.8 Å². The Hall–Kier alpha value is -3.94. The molecule has 3 N–H and O–H groups in total. The summed E-state index contributed by atoms with van der Waals surface area (Å²) in [5.41, 5.74) is 4.50. The molecule has 1 saturated carbocycles. The zero-order valence-corrected chi connectivity index (χ0v) is 20.2. The van der Waals surface area contributed by atoms with Crippen LogP contribution in [-0.4, -0.2) is 33.5 Å². The van der Waals surface area contributed by atoms with Crippen molar-refractivity contribution in [2.24, 2.45) is 12.5 Å². The highest BCUT2D eigenvalue weighted by molar-refractivity contribution is 6.01. The van der Waals surface area contributed by atoms with Gasteiger partial charge in [-0.1, -0.05) is 36.4 Å². The second kappa shape index (κ2) is 8.62. The smallest absolute Gasteiger partial charge is 0.270 e. The fourth-order valence-corrected chi connectivity index (χ4v) is 5.99. The van der Waals surface area contributed by atoms with E-state index in [0.717, 1.165) is 36.8 Å². The summed E-state index contributed by atoms with van der Waals surface area (Å²) in [5.74, 6) is -0.586. The van der Waals surface area contributed by atoms with Gasteiger partial charge in [0.15, 0.2) is 0 Å². The van der Waals surface area contributed by atoms with Crippen LogP contribution >= 0.6 is 0 Å². The molecule has 3 aromatic rings. The van der Waals surface area contributed by atoms with E-state index in [9.17, 15) is 14.4 Å². The van der Waals surface area contributed by atoms with Crippen LogP contribution in [0.25, 0.3) is 0 Å². The number of rotatable bonds is 6. The number of aryl methyl sites for hydroxylation is 1. The van der Waals surface area contributed by atoms with Crippen LogP contribution in [0.4, 0.5) is 5.69 Å². The van der Waals surface area contributed by atoms with Gasteiger partial charge in [0, 0.05) is 31.3 Å². The van der Waals surface area contributed by atoms with E-state index in [-0.39, 0.29) is 35.1 Å². The van der Waals surface area contributed by atoms with E-state index in [1.807, 2.05) is 36.4 Å². The summed E-state index contributed by atoms with van der Waals surface area (Å²) in [6.07, 6.45) is 5.90. The fourth-order valence-electron chi connectivity index (χ4n) is 5.99. The first-order valence-electron chi connectivity index (χ1n) is 12.5. The molecule has 36 heavy (non-hydrogen) atoms. The predicted molar refractivity (Wildman–Crippen MR) is 134 cm³/mol. The quantitative estimate of drug-likeness (QED) is 0.501. The molecule has 1 spiro atoms. The number of anilines is 1. The van der Waals surface area contributed by atoms with Gasteiger partial charge in [-0.15, -0.1) is 0 Å². The average Bonchev–Trinajstić information content (AvgIpc) is 3.17. The Morgan fingerprint density at radius 3 is 2.56 bits per heavy atom. The minimum Gasteiger partial charge on any atom is -0.349 e. The van der Waals surface area contributed by atoms with Crippen LogP contribution in [0.3, 0.4) is 0 Å². The SMILES string of the molecule is Cn1nccc1C(=O)N[C@H](C(=O)Nc1ccc(C2CCC(=O)N2)cc1)C1c2ccccc2CC12CC2. The molecule has 2 fully saturated rings. The normalized spacial score (nSPS) is 22.1. The molecule has 3 atom stereocenters. The maximum Gasteiger partial charge on any atom is 0.270 e. The lowest BCUT2D eigenvalue weighted by Crippen LogP contribution is -2.49. The van der Waals surface area contributed by atoms with Crippen LogP contribution in [-0.2, 0) is 23.1 Å². The van der Waals surface area contributed by atoms with Crippen molar-refractivity contribution in [2.45, 2.75) is 50.1 Å². The highest BCUT2D eigenvalue weighted by atomic mass is 16.2. The molecule has 2 aromatic carbocycles. The van der Waals surface area contributed by atoms with E-state index < -0.39 is 6.04 Å². The highest BCUT2D eigenvalue weighted by Gasteiger charge is 2.58. The van der Waals surface area contributed by atoms with E-state index in [0.29, 0.717) is 17.8 Å². The van der Waals surface area contributed by atoms with E-state index in [1.165, 1.54) is 10.2 Å². The average molecular weight is 484 g/mol. The molecule has 2 heterocycles.